The van der Waals surface area contributed by atoms with E-state index in [9.17, 15) is 14.4 Å². The van der Waals surface area contributed by atoms with Crippen molar-refractivity contribution in [3.8, 4) is 0 Å². The molecule has 0 aliphatic carbocycles. The highest BCUT2D eigenvalue weighted by atomic mass is 16.2. The molecule has 2 aliphatic rings. The number of carbonyl (C=O) groups is 3. The molecule has 0 saturated carbocycles. The minimum absolute atomic E-state index is 0.00845. The van der Waals surface area contributed by atoms with Crippen LogP contribution >= 0.6 is 0 Å². The lowest BCUT2D eigenvalue weighted by Crippen LogP contribution is -2.46. The standard InChI is InChI=1S/C23H33N3O3/c1-3-5-13-24(4-2)22(28)18-11-14-25(15-12-18)23(29)19-16-21(27)26(17-19)20-9-7-6-8-10-20/h6-10,18-19H,3-5,11-17H2,1-2H3. The molecule has 29 heavy (non-hydrogen) atoms. The average Bonchev–Trinajstić information content (AvgIpc) is 3.16. The Morgan fingerprint density at radius 3 is 2.38 bits per heavy atom. The summed E-state index contributed by atoms with van der Waals surface area (Å²) in [5.41, 5.74) is 0.851. The van der Waals surface area contributed by atoms with Gasteiger partial charge in [0.25, 0.3) is 0 Å². The number of amides is 3. The fraction of sp³-hybridized carbons (Fsp3) is 0.609. The number of likely N-dealkylation sites (tertiary alicyclic amines) is 1. The summed E-state index contributed by atoms with van der Waals surface area (Å²) in [4.78, 5) is 43.7. The predicted octanol–water partition coefficient (Wildman–Crippen LogP) is 2.93. The van der Waals surface area contributed by atoms with E-state index < -0.39 is 0 Å². The van der Waals surface area contributed by atoms with E-state index in [1.54, 1.807) is 4.90 Å². The van der Waals surface area contributed by atoms with Crippen LogP contribution in [0.1, 0.15) is 46.0 Å². The van der Waals surface area contributed by atoms with Gasteiger partial charge in [0.2, 0.25) is 17.7 Å². The van der Waals surface area contributed by atoms with Gasteiger partial charge in [0.05, 0.1) is 5.92 Å². The number of hydrogen-bond donors (Lipinski definition) is 0. The van der Waals surface area contributed by atoms with Crippen molar-refractivity contribution in [2.75, 3.05) is 37.6 Å². The summed E-state index contributed by atoms with van der Waals surface area (Å²) in [7, 11) is 0. The summed E-state index contributed by atoms with van der Waals surface area (Å²) >= 11 is 0. The van der Waals surface area contributed by atoms with Crippen LogP contribution in [0, 0.1) is 11.8 Å². The van der Waals surface area contributed by atoms with Crippen molar-refractivity contribution >= 4 is 23.4 Å². The maximum atomic E-state index is 13.0. The highest BCUT2D eigenvalue weighted by molar-refractivity contribution is 6.00. The minimum atomic E-state index is -0.286. The number of benzene rings is 1. The lowest BCUT2D eigenvalue weighted by Gasteiger charge is -2.35. The van der Waals surface area contributed by atoms with Gasteiger partial charge in [0.15, 0.2) is 0 Å². The summed E-state index contributed by atoms with van der Waals surface area (Å²) in [6.45, 7) is 7.40. The van der Waals surface area contributed by atoms with E-state index in [0.717, 1.165) is 44.5 Å². The van der Waals surface area contributed by atoms with Crippen LogP contribution in [-0.2, 0) is 14.4 Å². The largest absolute Gasteiger partial charge is 0.343 e. The number of unbranched alkanes of at least 4 members (excludes halogenated alkanes) is 1. The Labute approximate surface area is 173 Å². The van der Waals surface area contributed by atoms with E-state index in [4.69, 9.17) is 0 Å². The Morgan fingerprint density at radius 2 is 1.76 bits per heavy atom. The summed E-state index contributed by atoms with van der Waals surface area (Å²) in [6.07, 6.45) is 3.82. The summed E-state index contributed by atoms with van der Waals surface area (Å²) < 4.78 is 0. The number of anilines is 1. The molecule has 2 heterocycles. The van der Waals surface area contributed by atoms with Crippen LogP contribution in [0.5, 0.6) is 0 Å². The first-order chi connectivity index (χ1) is 14.0. The van der Waals surface area contributed by atoms with Crippen LogP contribution in [0.4, 0.5) is 5.69 Å². The fourth-order valence-corrected chi connectivity index (χ4v) is 4.37. The van der Waals surface area contributed by atoms with Crippen LogP contribution in [0.25, 0.3) is 0 Å². The number of rotatable bonds is 7. The Bertz CT molecular complexity index is 713. The molecule has 0 aromatic heterocycles. The molecular formula is C23H33N3O3. The van der Waals surface area contributed by atoms with Crippen molar-refractivity contribution < 1.29 is 14.4 Å². The van der Waals surface area contributed by atoms with Crippen molar-refractivity contribution in [2.45, 2.75) is 46.0 Å². The van der Waals surface area contributed by atoms with Crippen molar-refractivity contribution in [1.82, 2.24) is 9.80 Å². The zero-order chi connectivity index (χ0) is 20.8. The molecule has 2 saturated heterocycles. The van der Waals surface area contributed by atoms with E-state index in [0.29, 0.717) is 19.6 Å². The Kier molecular flexibility index (Phi) is 7.29. The van der Waals surface area contributed by atoms with Crippen LogP contribution in [0.15, 0.2) is 30.3 Å². The van der Waals surface area contributed by atoms with Gasteiger partial charge in [-0.15, -0.1) is 0 Å². The van der Waals surface area contributed by atoms with Gasteiger partial charge in [0.1, 0.15) is 0 Å². The summed E-state index contributed by atoms with van der Waals surface area (Å²) in [5.74, 6) is 0.0306. The van der Waals surface area contributed by atoms with E-state index >= 15 is 0 Å². The SMILES string of the molecule is CCCCN(CC)C(=O)C1CCN(C(=O)C2CC(=O)N(c3ccccc3)C2)CC1. The number of carbonyl (C=O) groups excluding carboxylic acids is 3. The van der Waals surface area contributed by atoms with Crippen LogP contribution in [0.3, 0.4) is 0 Å². The first-order valence-electron chi connectivity index (χ1n) is 11.0. The molecule has 158 valence electrons. The molecule has 2 aliphatic heterocycles. The monoisotopic (exact) mass is 399 g/mol. The first kappa shape index (κ1) is 21.3. The van der Waals surface area contributed by atoms with Gasteiger partial charge >= 0.3 is 0 Å². The molecule has 6 nitrogen and oxygen atoms in total. The molecule has 3 rings (SSSR count). The van der Waals surface area contributed by atoms with E-state index in [1.165, 1.54) is 0 Å². The lowest BCUT2D eigenvalue weighted by atomic mass is 9.94. The van der Waals surface area contributed by atoms with Crippen molar-refractivity contribution in [3.05, 3.63) is 30.3 Å². The summed E-state index contributed by atoms with van der Waals surface area (Å²) in [5, 5.41) is 0. The third kappa shape index (κ3) is 4.98. The van der Waals surface area contributed by atoms with Gasteiger partial charge in [-0.2, -0.15) is 0 Å². The topological polar surface area (TPSA) is 60.9 Å². The Balaban J connectivity index is 1.52. The number of piperidine rings is 1. The molecule has 1 unspecified atom stereocenters. The van der Waals surface area contributed by atoms with Crippen molar-refractivity contribution in [1.29, 1.82) is 0 Å². The Hall–Kier alpha value is -2.37. The average molecular weight is 400 g/mol. The van der Waals surface area contributed by atoms with Crippen LogP contribution < -0.4 is 4.90 Å². The second kappa shape index (κ2) is 9.90. The molecule has 2 fully saturated rings. The van der Waals surface area contributed by atoms with Gasteiger partial charge in [-0.05, 0) is 38.3 Å². The second-order valence-electron chi connectivity index (χ2n) is 8.11. The molecule has 0 bridgehead atoms. The molecule has 3 amide bonds. The van der Waals surface area contributed by atoms with Gasteiger partial charge in [-0.1, -0.05) is 31.5 Å². The van der Waals surface area contributed by atoms with Gasteiger partial charge in [-0.3, -0.25) is 14.4 Å². The number of para-hydroxylation sites is 1. The molecule has 1 aromatic rings. The molecule has 1 atom stereocenters. The van der Waals surface area contributed by atoms with Gasteiger partial charge < -0.3 is 14.7 Å². The third-order valence-electron chi connectivity index (χ3n) is 6.17. The highest BCUT2D eigenvalue weighted by Crippen LogP contribution is 2.28. The minimum Gasteiger partial charge on any atom is -0.343 e. The fourth-order valence-electron chi connectivity index (χ4n) is 4.37. The number of nitrogens with zero attached hydrogens (tertiary/aromatic N) is 3. The third-order valence-corrected chi connectivity index (χ3v) is 6.17. The van der Waals surface area contributed by atoms with E-state index in [-0.39, 0.29) is 36.0 Å². The zero-order valence-electron chi connectivity index (χ0n) is 17.7. The molecule has 0 N–H and O–H groups in total. The Morgan fingerprint density at radius 1 is 1.07 bits per heavy atom. The van der Waals surface area contributed by atoms with E-state index in [2.05, 4.69) is 6.92 Å². The highest BCUT2D eigenvalue weighted by Gasteiger charge is 2.38. The second-order valence-corrected chi connectivity index (χ2v) is 8.11. The zero-order valence-corrected chi connectivity index (χ0v) is 17.7. The van der Waals surface area contributed by atoms with Crippen LogP contribution in [-0.4, -0.2) is 60.2 Å². The maximum Gasteiger partial charge on any atom is 0.228 e. The normalized spacial score (nSPS) is 20.2. The quantitative estimate of drug-likeness (QED) is 0.708. The molecular weight excluding hydrogens is 366 g/mol. The van der Waals surface area contributed by atoms with Crippen molar-refractivity contribution in [2.24, 2.45) is 11.8 Å². The number of hydrogen-bond acceptors (Lipinski definition) is 3. The van der Waals surface area contributed by atoms with Gasteiger partial charge in [-0.25, -0.2) is 0 Å². The molecule has 0 spiro atoms. The maximum absolute atomic E-state index is 13.0. The molecule has 6 heteroatoms. The predicted molar refractivity (Wildman–Crippen MR) is 113 cm³/mol. The van der Waals surface area contributed by atoms with Crippen LogP contribution in [0.2, 0.25) is 0 Å². The smallest absolute Gasteiger partial charge is 0.228 e. The summed E-state index contributed by atoms with van der Waals surface area (Å²) in [6, 6.07) is 9.53. The molecule has 0 radical (unpaired) electrons. The van der Waals surface area contributed by atoms with Crippen molar-refractivity contribution in [3.63, 3.8) is 0 Å². The van der Waals surface area contributed by atoms with E-state index in [1.807, 2.05) is 47.1 Å². The molecule has 1 aromatic carbocycles. The van der Waals surface area contributed by atoms with Gasteiger partial charge in [0, 0.05) is 50.7 Å². The first-order valence-corrected chi connectivity index (χ1v) is 11.0. The lowest BCUT2D eigenvalue weighted by molar-refractivity contribution is -0.142.